The van der Waals surface area contributed by atoms with Crippen LogP contribution < -0.4 is 0 Å². The molecule has 0 saturated heterocycles. The summed E-state index contributed by atoms with van der Waals surface area (Å²) in [6, 6.07) is 81.2. The molecule has 70 heavy (non-hydrogen) atoms. The van der Waals surface area contributed by atoms with E-state index >= 15 is 0 Å². The van der Waals surface area contributed by atoms with Crippen LogP contribution in [0.3, 0.4) is 0 Å². The van der Waals surface area contributed by atoms with E-state index in [1.54, 1.807) is 0 Å². The fourth-order valence-corrected chi connectivity index (χ4v) is 11.2. The zero-order chi connectivity index (χ0) is 45.9. The van der Waals surface area contributed by atoms with Gasteiger partial charge in [-0.05, 0) is 97.1 Å². The van der Waals surface area contributed by atoms with Crippen LogP contribution in [0.1, 0.15) is 0 Å². The molecule has 0 atom stereocenters. The Hall–Kier alpha value is -9.59. The Bertz CT molecular complexity index is 4400. The minimum atomic E-state index is 0.588. The topological polar surface area (TPSA) is 66.6 Å². The van der Waals surface area contributed by atoms with Crippen LogP contribution in [0.4, 0.5) is 0 Å². The van der Waals surface area contributed by atoms with E-state index in [-0.39, 0.29) is 0 Å². The maximum absolute atomic E-state index is 6.43. The summed E-state index contributed by atoms with van der Waals surface area (Å²) in [7, 11) is 0. The smallest absolute Gasteiger partial charge is 0.164 e. The number of hydrogen-bond acceptors (Lipinski definition) is 4. The van der Waals surface area contributed by atoms with Gasteiger partial charge in [0.1, 0.15) is 11.2 Å². The SMILES string of the molecule is c1ccc(-n2c3ccccc3c3c(-c4nc(-c5ccc(-n6c7ccccc7c7ccc8oc9ccccc9c8c76)cc5)nc(-c5cccc6c5c5ccccc5n6-c5ccccc5)n4)cccc32)cc1. The third kappa shape index (κ3) is 5.60. The van der Waals surface area contributed by atoms with Crippen molar-refractivity contribution in [1.82, 2.24) is 28.7 Å². The van der Waals surface area contributed by atoms with Gasteiger partial charge >= 0.3 is 0 Å². The van der Waals surface area contributed by atoms with E-state index in [2.05, 4.69) is 232 Å². The highest BCUT2D eigenvalue weighted by molar-refractivity contribution is 6.24. The number of benzene rings is 10. The molecule has 0 spiro atoms. The first-order chi connectivity index (χ1) is 34.7. The molecule has 7 heteroatoms. The second kappa shape index (κ2) is 15.0. The van der Waals surface area contributed by atoms with Gasteiger partial charge in [0.2, 0.25) is 0 Å². The Balaban J connectivity index is 0.981. The molecule has 7 nitrogen and oxygen atoms in total. The minimum Gasteiger partial charge on any atom is -0.456 e. The molecule has 0 aliphatic rings. The lowest BCUT2D eigenvalue weighted by Crippen LogP contribution is -2.01. The summed E-state index contributed by atoms with van der Waals surface area (Å²) >= 11 is 0. The molecule has 0 fully saturated rings. The van der Waals surface area contributed by atoms with Gasteiger partial charge in [0.25, 0.3) is 0 Å². The minimum absolute atomic E-state index is 0.588. The molecule has 5 aromatic heterocycles. The van der Waals surface area contributed by atoms with Crippen LogP contribution in [0, 0.1) is 0 Å². The van der Waals surface area contributed by atoms with Gasteiger partial charge in [0.05, 0.1) is 38.5 Å². The first-order valence-electron chi connectivity index (χ1n) is 23.6. The average Bonchev–Trinajstić information content (AvgIpc) is 4.18. The highest BCUT2D eigenvalue weighted by atomic mass is 16.3. The lowest BCUT2D eigenvalue weighted by atomic mass is 10.0. The van der Waals surface area contributed by atoms with E-state index in [1.807, 2.05) is 12.1 Å². The van der Waals surface area contributed by atoms with Gasteiger partial charge in [-0.15, -0.1) is 0 Å². The van der Waals surface area contributed by atoms with Crippen molar-refractivity contribution in [1.29, 1.82) is 0 Å². The Kier molecular flexibility index (Phi) is 8.23. The van der Waals surface area contributed by atoms with Gasteiger partial charge in [-0.1, -0.05) is 133 Å². The lowest BCUT2D eigenvalue weighted by molar-refractivity contribution is 0.669. The molecule has 0 amide bonds. The Morgan fingerprint density at radius 1 is 0.271 bits per heavy atom. The van der Waals surface area contributed by atoms with Crippen molar-refractivity contribution in [3.63, 3.8) is 0 Å². The lowest BCUT2D eigenvalue weighted by Gasteiger charge is -2.12. The van der Waals surface area contributed by atoms with Crippen molar-refractivity contribution >= 4 is 87.4 Å². The van der Waals surface area contributed by atoms with Gasteiger partial charge in [0.15, 0.2) is 17.5 Å². The molecule has 0 bridgehead atoms. The van der Waals surface area contributed by atoms with Gasteiger partial charge < -0.3 is 18.1 Å². The molecule has 326 valence electrons. The van der Waals surface area contributed by atoms with E-state index in [1.165, 1.54) is 10.8 Å². The van der Waals surface area contributed by atoms with Crippen LogP contribution >= 0.6 is 0 Å². The summed E-state index contributed by atoms with van der Waals surface area (Å²) in [4.78, 5) is 16.4. The van der Waals surface area contributed by atoms with Gasteiger partial charge in [0, 0.05) is 71.5 Å². The Morgan fingerprint density at radius 3 is 1.31 bits per heavy atom. The third-order valence-corrected chi connectivity index (χ3v) is 14.1. The standard InChI is InChI=1S/C63H38N6O/c1-3-17-40(18-4-1)67-51-28-12-8-22-45(51)57-48(25-15-30-53(57)67)62-64-61(65-63(66-62)49-26-16-31-54-58(49)46-23-9-13-29-52(46)68(54)41-19-5-2-6-20-41)39-33-35-42(36-34-39)69-50-27-11-7-21-43(50)44-37-38-56-59(60(44)69)47-24-10-14-32-55(47)70-56/h1-38H. The van der Waals surface area contributed by atoms with Crippen LogP contribution in [0.25, 0.3) is 139 Å². The molecule has 15 aromatic rings. The molecule has 0 radical (unpaired) electrons. The quantitative estimate of drug-likeness (QED) is 0.167. The maximum Gasteiger partial charge on any atom is 0.164 e. The Labute approximate surface area is 400 Å². The molecule has 0 saturated carbocycles. The molecule has 0 unspecified atom stereocenters. The zero-order valence-electron chi connectivity index (χ0n) is 37.5. The summed E-state index contributed by atoms with van der Waals surface area (Å²) < 4.78 is 13.5. The van der Waals surface area contributed by atoms with E-state index in [0.29, 0.717) is 17.5 Å². The first-order valence-corrected chi connectivity index (χ1v) is 23.6. The summed E-state index contributed by atoms with van der Waals surface area (Å²) in [6.45, 7) is 0. The number of furan rings is 1. The van der Waals surface area contributed by atoms with Crippen molar-refractivity contribution in [2.75, 3.05) is 0 Å². The summed E-state index contributed by atoms with van der Waals surface area (Å²) in [5, 5.41) is 8.99. The molecule has 10 aromatic carbocycles. The second-order valence-electron chi connectivity index (χ2n) is 17.9. The number of hydrogen-bond donors (Lipinski definition) is 0. The zero-order valence-corrected chi connectivity index (χ0v) is 37.5. The van der Waals surface area contributed by atoms with Crippen molar-refractivity contribution in [2.45, 2.75) is 0 Å². The molecule has 5 heterocycles. The van der Waals surface area contributed by atoms with Gasteiger partial charge in [-0.25, -0.2) is 15.0 Å². The van der Waals surface area contributed by atoms with Gasteiger partial charge in [-0.3, -0.25) is 0 Å². The second-order valence-corrected chi connectivity index (χ2v) is 17.9. The average molecular weight is 895 g/mol. The van der Waals surface area contributed by atoms with Crippen LogP contribution in [0.2, 0.25) is 0 Å². The monoisotopic (exact) mass is 894 g/mol. The van der Waals surface area contributed by atoms with Crippen LogP contribution in [0.15, 0.2) is 235 Å². The number of nitrogens with zero attached hydrogens (tertiary/aromatic N) is 6. The number of aromatic nitrogens is 6. The summed E-state index contributed by atoms with van der Waals surface area (Å²) in [6.07, 6.45) is 0. The number of rotatable bonds is 6. The van der Waals surface area contributed by atoms with Crippen molar-refractivity contribution in [2.24, 2.45) is 0 Å². The summed E-state index contributed by atoms with van der Waals surface area (Å²) in [5.41, 5.74) is 14.3. The van der Waals surface area contributed by atoms with E-state index in [0.717, 1.165) is 110 Å². The molecule has 15 rings (SSSR count). The third-order valence-electron chi connectivity index (χ3n) is 14.1. The van der Waals surface area contributed by atoms with Crippen LogP contribution in [0.5, 0.6) is 0 Å². The molecule has 0 N–H and O–H groups in total. The maximum atomic E-state index is 6.43. The van der Waals surface area contributed by atoms with Gasteiger partial charge in [-0.2, -0.15) is 0 Å². The molecule has 0 aliphatic heterocycles. The fourth-order valence-electron chi connectivity index (χ4n) is 11.2. The van der Waals surface area contributed by atoms with E-state index < -0.39 is 0 Å². The van der Waals surface area contributed by atoms with Crippen molar-refractivity contribution in [3.05, 3.63) is 231 Å². The van der Waals surface area contributed by atoms with E-state index in [9.17, 15) is 0 Å². The largest absolute Gasteiger partial charge is 0.456 e. The molecular weight excluding hydrogens is 857 g/mol. The molecular formula is C63H38N6O. The van der Waals surface area contributed by atoms with Crippen LogP contribution in [-0.2, 0) is 0 Å². The Morgan fingerprint density at radius 2 is 0.729 bits per heavy atom. The van der Waals surface area contributed by atoms with Crippen molar-refractivity contribution < 1.29 is 4.42 Å². The number of para-hydroxylation sites is 6. The van der Waals surface area contributed by atoms with Crippen LogP contribution in [-0.4, -0.2) is 28.7 Å². The molecule has 0 aliphatic carbocycles. The number of fused-ring (bicyclic) bond motifs is 13. The highest BCUT2D eigenvalue weighted by Gasteiger charge is 2.24. The fraction of sp³-hybridized carbons (Fsp3) is 0. The van der Waals surface area contributed by atoms with E-state index in [4.69, 9.17) is 19.4 Å². The predicted molar refractivity (Wildman–Crippen MR) is 286 cm³/mol. The highest BCUT2D eigenvalue weighted by Crippen LogP contribution is 2.43. The first kappa shape index (κ1) is 38.5. The van der Waals surface area contributed by atoms with Crippen molar-refractivity contribution in [3.8, 4) is 51.2 Å². The normalized spacial score (nSPS) is 12.0. The summed E-state index contributed by atoms with van der Waals surface area (Å²) in [5.74, 6) is 1.79. The predicted octanol–water partition coefficient (Wildman–Crippen LogP) is 16.1.